The van der Waals surface area contributed by atoms with Gasteiger partial charge in [0.2, 0.25) is 0 Å². The molecule has 0 saturated carbocycles. The largest absolute Gasteiger partial charge is 0.507 e. The summed E-state index contributed by atoms with van der Waals surface area (Å²) in [6.45, 7) is 4.68. The Morgan fingerprint density at radius 2 is 1.59 bits per heavy atom. The van der Waals surface area contributed by atoms with E-state index in [4.69, 9.17) is 18.9 Å². The van der Waals surface area contributed by atoms with Crippen LogP contribution in [0.25, 0.3) is 5.76 Å². The third-order valence-electron chi connectivity index (χ3n) is 6.44. The summed E-state index contributed by atoms with van der Waals surface area (Å²) in [6.07, 6.45) is 0. The highest BCUT2D eigenvalue weighted by molar-refractivity contribution is 6.46. The van der Waals surface area contributed by atoms with Gasteiger partial charge in [0.05, 0.1) is 39.6 Å². The summed E-state index contributed by atoms with van der Waals surface area (Å²) < 4.78 is 22.0. The Labute approximate surface area is 228 Å². The van der Waals surface area contributed by atoms with E-state index in [1.165, 1.54) is 12.0 Å². The summed E-state index contributed by atoms with van der Waals surface area (Å²) in [4.78, 5) is 28.3. The fourth-order valence-electron chi connectivity index (χ4n) is 4.53. The minimum atomic E-state index is -0.853. The van der Waals surface area contributed by atoms with Crippen LogP contribution in [0.3, 0.4) is 0 Å². The van der Waals surface area contributed by atoms with Crippen LogP contribution in [0, 0.1) is 5.92 Å². The number of Topliss-reactive ketones (excluding diaryl/α,β-unsaturated/α-hetero) is 1. The van der Waals surface area contributed by atoms with Crippen LogP contribution in [0.5, 0.6) is 23.0 Å². The number of ketones is 1. The number of aliphatic hydroxyl groups excluding tert-OH is 1. The molecule has 0 bridgehead atoms. The van der Waals surface area contributed by atoms with E-state index in [-0.39, 0.29) is 17.9 Å². The van der Waals surface area contributed by atoms with Gasteiger partial charge in [-0.25, -0.2) is 0 Å². The molecule has 1 aliphatic heterocycles. The van der Waals surface area contributed by atoms with Crippen molar-refractivity contribution in [3.8, 4) is 23.0 Å². The summed E-state index contributed by atoms with van der Waals surface area (Å²) in [5, 5.41) is 11.5. The topological polar surface area (TPSA) is 94.5 Å². The van der Waals surface area contributed by atoms with Gasteiger partial charge in [-0.05, 0) is 53.4 Å². The molecule has 4 rings (SSSR count). The van der Waals surface area contributed by atoms with Crippen molar-refractivity contribution >= 4 is 17.4 Å². The minimum absolute atomic E-state index is 0.00487. The van der Waals surface area contributed by atoms with Gasteiger partial charge in [0.15, 0.2) is 11.5 Å². The van der Waals surface area contributed by atoms with Crippen LogP contribution in [0.2, 0.25) is 0 Å². The first-order valence-electron chi connectivity index (χ1n) is 12.6. The van der Waals surface area contributed by atoms with E-state index in [0.717, 1.165) is 5.56 Å². The number of rotatable bonds is 10. The summed E-state index contributed by atoms with van der Waals surface area (Å²) in [6, 6.07) is 18.5. The van der Waals surface area contributed by atoms with Crippen LogP contribution in [-0.2, 0) is 16.1 Å². The van der Waals surface area contributed by atoms with E-state index >= 15 is 0 Å². The molecule has 204 valence electrons. The lowest BCUT2D eigenvalue weighted by Crippen LogP contribution is -2.29. The Morgan fingerprint density at radius 1 is 0.872 bits per heavy atom. The molecule has 1 heterocycles. The number of carbonyl (C=O) groups excluding carboxylic acids is 2. The van der Waals surface area contributed by atoms with Gasteiger partial charge in [-0.15, -0.1) is 0 Å². The molecule has 1 amide bonds. The predicted octanol–water partition coefficient (Wildman–Crippen LogP) is 5.37. The van der Waals surface area contributed by atoms with Crippen LogP contribution in [-0.4, -0.2) is 49.6 Å². The number of carbonyl (C=O) groups is 2. The minimum Gasteiger partial charge on any atom is -0.507 e. The summed E-state index contributed by atoms with van der Waals surface area (Å²) in [5.74, 6) is 0.734. The van der Waals surface area contributed by atoms with E-state index < -0.39 is 17.7 Å². The standard InChI is InChI=1S/C31H33NO7/c1-19(2)18-39-24-11-7-9-22(16-24)29(33)27-28(21-8-6-10-23(15-21)36-3)32(31(35)30(27)34)17-20-12-13-25(37-4)26(14-20)38-5/h6-16,19,28,33H,17-18H2,1-5H3/b29-27+. The molecular weight excluding hydrogens is 498 g/mol. The zero-order valence-electron chi connectivity index (χ0n) is 22.8. The fraction of sp³-hybridized carbons (Fsp3) is 0.290. The second-order valence-corrected chi connectivity index (χ2v) is 9.63. The maximum Gasteiger partial charge on any atom is 0.295 e. The number of nitrogens with zero attached hydrogens (tertiary/aromatic N) is 1. The van der Waals surface area contributed by atoms with E-state index in [9.17, 15) is 14.7 Å². The number of ether oxygens (including phenoxy) is 4. The number of hydrogen-bond donors (Lipinski definition) is 1. The average molecular weight is 532 g/mol. The fourth-order valence-corrected chi connectivity index (χ4v) is 4.53. The zero-order chi connectivity index (χ0) is 28.1. The molecule has 1 aliphatic rings. The van der Waals surface area contributed by atoms with Crippen molar-refractivity contribution in [1.29, 1.82) is 0 Å². The van der Waals surface area contributed by atoms with Gasteiger partial charge < -0.3 is 29.0 Å². The number of benzene rings is 3. The number of likely N-dealkylation sites (tertiary alicyclic amines) is 1. The number of aliphatic hydroxyl groups is 1. The highest BCUT2D eigenvalue weighted by Gasteiger charge is 2.46. The van der Waals surface area contributed by atoms with Gasteiger partial charge in [0.1, 0.15) is 17.3 Å². The van der Waals surface area contributed by atoms with Crippen LogP contribution >= 0.6 is 0 Å². The first-order valence-corrected chi connectivity index (χ1v) is 12.6. The smallest absolute Gasteiger partial charge is 0.295 e. The number of methoxy groups -OCH3 is 3. The summed E-state index contributed by atoms with van der Waals surface area (Å²) in [7, 11) is 4.62. The van der Waals surface area contributed by atoms with Crippen molar-refractivity contribution in [3.63, 3.8) is 0 Å². The molecule has 0 aromatic heterocycles. The van der Waals surface area contributed by atoms with E-state index in [1.54, 1.807) is 80.9 Å². The zero-order valence-corrected chi connectivity index (χ0v) is 22.8. The number of hydrogen-bond acceptors (Lipinski definition) is 7. The Balaban J connectivity index is 1.81. The molecule has 1 saturated heterocycles. The molecule has 1 N–H and O–H groups in total. The van der Waals surface area contributed by atoms with Crippen LogP contribution in [0.4, 0.5) is 0 Å². The van der Waals surface area contributed by atoms with Crippen molar-refractivity contribution in [3.05, 3.63) is 89.0 Å². The van der Waals surface area contributed by atoms with Gasteiger partial charge in [-0.2, -0.15) is 0 Å². The molecule has 3 aromatic rings. The predicted molar refractivity (Wildman–Crippen MR) is 147 cm³/mol. The molecule has 1 fully saturated rings. The maximum atomic E-state index is 13.5. The molecule has 8 heteroatoms. The van der Waals surface area contributed by atoms with Crippen LogP contribution in [0.1, 0.15) is 36.6 Å². The monoisotopic (exact) mass is 531 g/mol. The molecule has 0 spiro atoms. The average Bonchev–Trinajstić information content (AvgIpc) is 3.20. The second-order valence-electron chi connectivity index (χ2n) is 9.63. The Kier molecular flexibility index (Phi) is 8.44. The normalized spacial score (nSPS) is 16.5. The Morgan fingerprint density at radius 3 is 2.28 bits per heavy atom. The second kappa shape index (κ2) is 11.9. The maximum absolute atomic E-state index is 13.5. The van der Waals surface area contributed by atoms with Crippen molar-refractivity contribution in [2.24, 2.45) is 5.92 Å². The number of amides is 1. The van der Waals surface area contributed by atoms with Gasteiger partial charge in [-0.1, -0.05) is 44.2 Å². The molecule has 3 aromatic carbocycles. The lowest BCUT2D eigenvalue weighted by molar-refractivity contribution is -0.140. The molecule has 1 unspecified atom stereocenters. The third-order valence-corrected chi connectivity index (χ3v) is 6.44. The lowest BCUT2D eigenvalue weighted by Gasteiger charge is -2.26. The van der Waals surface area contributed by atoms with E-state index in [2.05, 4.69) is 0 Å². The molecular formula is C31H33NO7. The van der Waals surface area contributed by atoms with Crippen molar-refractivity contribution in [2.75, 3.05) is 27.9 Å². The van der Waals surface area contributed by atoms with Crippen molar-refractivity contribution in [1.82, 2.24) is 4.90 Å². The molecule has 1 atom stereocenters. The Bertz CT molecular complexity index is 1400. The SMILES string of the molecule is COc1cccc(C2/C(=C(\O)c3cccc(OCC(C)C)c3)C(=O)C(=O)N2Cc2ccc(OC)c(OC)c2)c1. The molecule has 8 nitrogen and oxygen atoms in total. The highest BCUT2D eigenvalue weighted by Crippen LogP contribution is 2.42. The van der Waals surface area contributed by atoms with Gasteiger partial charge in [-0.3, -0.25) is 9.59 Å². The van der Waals surface area contributed by atoms with Gasteiger partial charge >= 0.3 is 0 Å². The molecule has 0 aliphatic carbocycles. The summed E-state index contributed by atoms with van der Waals surface area (Å²) >= 11 is 0. The van der Waals surface area contributed by atoms with E-state index in [0.29, 0.717) is 46.6 Å². The molecule has 39 heavy (non-hydrogen) atoms. The van der Waals surface area contributed by atoms with Crippen LogP contribution < -0.4 is 18.9 Å². The van der Waals surface area contributed by atoms with E-state index in [1.807, 2.05) is 13.8 Å². The summed E-state index contributed by atoms with van der Waals surface area (Å²) in [5.41, 5.74) is 1.73. The molecule has 0 radical (unpaired) electrons. The quantitative estimate of drug-likeness (QED) is 0.214. The lowest BCUT2D eigenvalue weighted by atomic mass is 9.95. The highest BCUT2D eigenvalue weighted by atomic mass is 16.5. The first-order chi connectivity index (χ1) is 18.8. The third kappa shape index (κ3) is 5.85. The van der Waals surface area contributed by atoms with Gasteiger partial charge in [0.25, 0.3) is 11.7 Å². The van der Waals surface area contributed by atoms with Crippen molar-refractivity contribution in [2.45, 2.75) is 26.4 Å². The first kappa shape index (κ1) is 27.6. The Hall–Kier alpha value is -4.46. The van der Waals surface area contributed by atoms with Crippen molar-refractivity contribution < 1.29 is 33.6 Å². The van der Waals surface area contributed by atoms with Crippen LogP contribution in [0.15, 0.2) is 72.3 Å². The van der Waals surface area contributed by atoms with Gasteiger partial charge in [0, 0.05) is 12.1 Å².